The fraction of sp³-hybridized carbons (Fsp3) is 0.231. The Morgan fingerprint density at radius 1 is 1.50 bits per heavy atom. The van der Waals surface area contributed by atoms with Crippen molar-refractivity contribution in [3.63, 3.8) is 0 Å². The third-order valence-corrected chi connectivity index (χ3v) is 2.50. The van der Waals surface area contributed by atoms with Gasteiger partial charge in [0.15, 0.2) is 11.5 Å². The molecule has 0 aliphatic heterocycles. The third kappa shape index (κ3) is 3.81. The van der Waals surface area contributed by atoms with E-state index in [1.54, 1.807) is 12.1 Å². The third-order valence-electron chi connectivity index (χ3n) is 2.50. The largest absolute Gasteiger partial charge is 0.504 e. The quantitative estimate of drug-likeness (QED) is 0.806. The fourth-order valence-electron chi connectivity index (χ4n) is 1.56. The van der Waals surface area contributed by atoms with Gasteiger partial charge >= 0.3 is 0 Å². The van der Waals surface area contributed by atoms with Crippen molar-refractivity contribution in [3.8, 4) is 23.0 Å². The predicted molar refractivity (Wildman–Crippen MR) is 67.7 cm³/mol. The molecule has 0 fully saturated rings. The Morgan fingerprint density at radius 2 is 2.25 bits per heavy atom. The molecule has 6 nitrogen and oxygen atoms in total. The molecule has 20 heavy (non-hydrogen) atoms. The van der Waals surface area contributed by atoms with E-state index in [-0.39, 0.29) is 31.1 Å². The van der Waals surface area contributed by atoms with Crippen molar-refractivity contribution in [3.05, 3.63) is 30.2 Å². The van der Waals surface area contributed by atoms with Crippen molar-refractivity contribution >= 4 is 5.91 Å². The first-order chi connectivity index (χ1) is 9.10. The number of carbonyl (C=O) groups excluding carboxylic acids is 1. The van der Waals surface area contributed by atoms with E-state index in [9.17, 15) is 9.90 Å². The van der Waals surface area contributed by atoms with E-state index in [1.807, 2.05) is 0 Å². The predicted octanol–water partition coefficient (Wildman–Crippen LogP) is 1.69. The summed E-state index contributed by atoms with van der Waals surface area (Å²) in [6.45, 7) is 1.74. The molecule has 7 heteroatoms. The van der Waals surface area contributed by atoms with Crippen LogP contribution in [0.1, 0.15) is 12.6 Å². The van der Waals surface area contributed by atoms with E-state index >= 15 is 0 Å². The molecule has 0 aliphatic rings. The first-order valence-electron chi connectivity index (χ1n) is 5.66. The second kappa shape index (κ2) is 7.05. The summed E-state index contributed by atoms with van der Waals surface area (Å²) in [7, 11) is 1.48. The summed E-state index contributed by atoms with van der Waals surface area (Å²) in [5, 5.41) is 12.3. The monoisotopic (exact) mass is 365 g/mol. The van der Waals surface area contributed by atoms with Crippen molar-refractivity contribution in [1.82, 2.24) is 10.3 Å². The van der Waals surface area contributed by atoms with Crippen LogP contribution in [0.15, 0.2) is 28.9 Å². The van der Waals surface area contributed by atoms with Gasteiger partial charge in [0, 0.05) is 32.0 Å². The number of nitrogens with zero attached hydrogens (tertiary/aromatic N) is 1. The first kappa shape index (κ1) is 16.2. The summed E-state index contributed by atoms with van der Waals surface area (Å²) in [5.74, 6) is 0.639. The van der Waals surface area contributed by atoms with Crippen LogP contribution in [0.2, 0.25) is 0 Å². The number of carbonyl (C=O) groups is 1. The Labute approximate surface area is 128 Å². The average molecular weight is 365 g/mol. The minimum Gasteiger partial charge on any atom is -0.504 e. The van der Waals surface area contributed by atoms with Crippen LogP contribution >= 0.6 is 0 Å². The molecule has 2 aromatic rings. The molecule has 1 heterocycles. The van der Waals surface area contributed by atoms with Crippen LogP contribution < -0.4 is 10.1 Å². The van der Waals surface area contributed by atoms with E-state index < -0.39 is 0 Å². The second-order valence-electron chi connectivity index (χ2n) is 3.94. The molecule has 0 unspecified atom stereocenters. The SMILES string of the molecule is COc1ccc(-c2nc(CNC(C)=O)co2)cc1O.[Rh]. The van der Waals surface area contributed by atoms with E-state index in [4.69, 9.17) is 9.15 Å². The Bertz CT molecular complexity index is 598. The number of benzene rings is 1. The molecular formula is C13H14N2O4Rh. The molecule has 0 saturated heterocycles. The number of rotatable bonds is 4. The molecule has 0 bridgehead atoms. The maximum atomic E-state index is 10.8. The number of aromatic hydroxyl groups is 1. The molecule has 0 atom stereocenters. The second-order valence-corrected chi connectivity index (χ2v) is 3.94. The average Bonchev–Trinajstić information content (AvgIpc) is 2.85. The van der Waals surface area contributed by atoms with Crippen LogP contribution in [0, 0.1) is 0 Å². The maximum Gasteiger partial charge on any atom is 0.226 e. The molecule has 1 radical (unpaired) electrons. The van der Waals surface area contributed by atoms with Gasteiger partial charge in [0.2, 0.25) is 11.8 Å². The minimum absolute atomic E-state index is 0. The molecule has 109 valence electrons. The molecule has 1 aromatic heterocycles. The van der Waals surface area contributed by atoms with E-state index in [2.05, 4.69) is 10.3 Å². The summed E-state index contributed by atoms with van der Waals surface area (Å²) >= 11 is 0. The molecule has 1 aromatic carbocycles. The summed E-state index contributed by atoms with van der Waals surface area (Å²) < 4.78 is 10.3. The summed E-state index contributed by atoms with van der Waals surface area (Å²) in [5.41, 5.74) is 1.24. The normalized spacial score (nSPS) is 9.70. The van der Waals surface area contributed by atoms with Gasteiger partial charge in [0.05, 0.1) is 19.3 Å². The van der Waals surface area contributed by atoms with Crippen molar-refractivity contribution in [2.45, 2.75) is 13.5 Å². The number of methoxy groups -OCH3 is 1. The van der Waals surface area contributed by atoms with Gasteiger partial charge < -0.3 is 19.6 Å². The van der Waals surface area contributed by atoms with Crippen molar-refractivity contribution in [1.29, 1.82) is 0 Å². The summed E-state index contributed by atoms with van der Waals surface area (Å²) in [4.78, 5) is 15.0. The van der Waals surface area contributed by atoms with Gasteiger partial charge in [-0.3, -0.25) is 4.79 Å². The van der Waals surface area contributed by atoms with Crippen LogP contribution in [-0.2, 0) is 30.8 Å². The van der Waals surface area contributed by atoms with E-state index in [0.717, 1.165) is 0 Å². The molecular weight excluding hydrogens is 351 g/mol. The maximum absolute atomic E-state index is 10.8. The topological polar surface area (TPSA) is 84.6 Å². The van der Waals surface area contributed by atoms with Crippen LogP contribution in [0.4, 0.5) is 0 Å². The van der Waals surface area contributed by atoms with Gasteiger partial charge in [-0.15, -0.1) is 0 Å². The van der Waals surface area contributed by atoms with Crippen LogP contribution in [0.5, 0.6) is 11.5 Å². The number of phenolic OH excluding ortho intramolecular Hbond substituents is 1. The molecule has 0 saturated carbocycles. The zero-order valence-corrected chi connectivity index (χ0v) is 12.6. The summed E-state index contributed by atoms with van der Waals surface area (Å²) in [6, 6.07) is 4.86. The van der Waals surface area contributed by atoms with E-state index in [0.29, 0.717) is 29.4 Å². The summed E-state index contributed by atoms with van der Waals surface area (Å²) in [6.07, 6.45) is 1.46. The van der Waals surface area contributed by atoms with Crippen LogP contribution in [0.25, 0.3) is 11.5 Å². The molecule has 0 aliphatic carbocycles. The number of aromatic nitrogens is 1. The fourth-order valence-corrected chi connectivity index (χ4v) is 1.56. The van der Waals surface area contributed by atoms with Crippen LogP contribution in [-0.4, -0.2) is 23.1 Å². The van der Waals surface area contributed by atoms with Gasteiger partial charge in [-0.05, 0) is 18.2 Å². The van der Waals surface area contributed by atoms with Gasteiger partial charge in [-0.2, -0.15) is 0 Å². The van der Waals surface area contributed by atoms with Crippen molar-refractivity contribution in [2.24, 2.45) is 0 Å². The van der Waals surface area contributed by atoms with E-state index in [1.165, 1.54) is 26.4 Å². The Morgan fingerprint density at radius 3 is 2.85 bits per heavy atom. The smallest absolute Gasteiger partial charge is 0.226 e. The number of nitrogens with one attached hydrogen (secondary N) is 1. The van der Waals surface area contributed by atoms with Crippen LogP contribution in [0.3, 0.4) is 0 Å². The zero-order valence-electron chi connectivity index (χ0n) is 11.0. The van der Waals surface area contributed by atoms with Gasteiger partial charge in [0.1, 0.15) is 6.26 Å². The number of oxazole rings is 1. The minimum atomic E-state index is -0.133. The molecule has 1 amide bonds. The van der Waals surface area contributed by atoms with Gasteiger partial charge in [0.25, 0.3) is 0 Å². The molecule has 2 rings (SSSR count). The number of hydrogen-bond acceptors (Lipinski definition) is 5. The zero-order chi connectivity index (χ0) is 13.8. The Kier molecular flexibility index (Phi) is 5.70. The molecule has 0 spiro atoms. The van der Waals surface area contributed by atoms with Crippen molar-refractivity contribution in [2.75, 3.05) is 7.11 Å². The number of hydrogen-bond donors (Lipinski definition) is 2. The number of amides is 1. The van der Waals surface area contributed by atoms with Gasteiger partial charge in [-0.1, -0.05) is 0 Å². The Balaban J connectivity index is 0.00000200. The van der Waals surface area contributed by atoms with Crippen molar-refractivity contribution < 1.29 is 38.5 Å². The van der Waals surface area contributed by atoms with Gasteiger partial charge in [-0.25, -0.2) is 4.98 Å². The molecule has 2 N–H and O–H groups in total. The first-order valence-corrected chi connectivity index (χ1v) is 5.66. The standard InChI is InChI=1S/C13H14N2O4.Rh/c1-8(16)14-6-10-7-19-13(15-10)9-3-4-12(18-2)11(17)5-9;/h3-5,7,17H,6H2,1-2H3,(H,14,16);. The number of ether oxygens (including phenoxy) is 1. The Hall–Kier alpha value is -1.88. The number of phenols is 1.